The number of hydrogen-bond acceptors (Lipinski definition) is 8. The lowest BCUT2D eigenvalue weighted by atomic mass is 9.94. The fourth-order valence-electron chi connectivity index (χ4n) is 3.92. The van der Waals surface area contributed by atoms with E-state index in [9.17, 15) is 8.42 Å². The summed E-state index contributed by atoms with van der Waals surface area (Å²) in [7, 11) is -0.0715. The van der Waals surface area contributed by atoms with E-state index in [-0.39, 0.29) is 11.7 Å². The molecule has 2 N–H and O–H groups in total. The SMILES string of the molecule is CC1CC1CN(C)c1cc(-c2nnc(C(C)(N)Cc3ccccc3)o2)cc(N(C)S(C)(=O)=O)n1. The molecule has 0 radical (unpaired) electrons. The fourth-order valence-corrected chi connectivity index (χ4v) is 4.35. The van der Waals surface area contributed by atoms with Crippen LogP contribution in [0.4, 0.5) is 11.6 Å². The number of pyridine rings is 1. The summed E-state index contributed by atoms with van der Waals surface area (Å²) >= 11 is 0. The molecule has 1 aliphatic rings. The van der Waals surface area contributed by atoms with Crippen molar-refractivity contribution in [2.24, 2.45) is 17.6 Å². The van der Waals surface area contributed by atoms with Crippen LogP contribution in [0.5, 0.6) is 0 Å². The molecular formula is C24H32N6O3S. The summed E-state index contributed by atoms with van der Waals surface area (Å²) in [6.07, 6.45) is 2.86. The van der Waals surface area contributed by atoms with Crippen LogP contribution >= 0.6 is 0 Å². The van der Waals surface area contributed by atoms with Crippen molar-refractivity contribution in [2.75, 3.05) is 36.1 Å². The molecule has 3 aromatic rings. The van der Waals surface area contributed by atoms with Gasteiger partial charge in [0.2, 0.25) is 21.8 Å². The Kier molecular flexibility index (Phi) is 6.39. The van der Waals surface area contributed by atoms with Crippen molar-refractivity contribution in [1.29, 1.82) is 0 Å². The van der Waals surface area contributed by atoms with Gasteiger partial charge in [-0.25, -0.2) is 13.4 Å². The zero-order valence-electron chi connectivity index (χ0n) is 20.3. The second kappa shape index (κ2) is 8.99. The maximum Gasteiger partial charge on any atom is 0.248 e. The first-order valence-electron chi connectivity index (χ1n) is 11.3. The number of nitrogens with two attached hydrogens (primary N) is 1. The standard InChI is InChI=1S/C24H32N6O3S/c1-16-11-19(16)15-29(3)20-12-18(13-21(26-20)30(4)34(5,31)32)22-27-28-23(33-22)24(2,25)14-17-9-7-6-8-10-17/h6-10,12-13,16,19H,11,14-15,25H2,1-5H3. The molecule has 0 saturated heterocycles. The summed E-state index contributed by atoms with van der Waals surface area (Å²) in [5.74, 6) is 2.79. The Labute approximate surface area is 201 Å². The molecule has 1 fully saturated rings. The first kappa shape index (κ1) is 24.2. The zero-order chi connectivity index (χ0) is 24.7. The summed E-state index contributed by atoms with van der Waals surface area (Å²) in [5, 5.41) is 8.45. The number of benzene rings is 1. The van der Waals surface area contributed by atoms with Crippen LogP contribution in [0.1, 0.15) is 31.7 Å². The lowest BCUT2D eigenvalue weighted by Gasteiger charge is -2.22. The van der Waals surface area contributed by atoms with Crippen LogP contribution in [-0.2, 0) is 22.0 Å². The number of aromatic nitrogens is 3. The minimum absolute atomic E-state index is 0.264. The Bertz CT molecular complexity index is 1260. The topological polar surface area (TPSA) is 118 Å². The van der Waals surface area contributed by atoms with Crippen LogP contribution in [0.25, 0.3) is 11.5 Å². The maximum absolute atomic E-state index is 12.2. The Balaban J connectivity index is 1.67. The van der Waals surface area contributed by atoms with Gasteiger partial charge in [0.05, 0.1) is 11.8 Å². The predicted molar refractivity (Wildman–Crippen MR) is 133 cm³/mol. The highest BCUT2D eigenvalue weighted by molar-refractivity contribution is 7.92. The molecule has 0 amide bonds. The fraction of sp³-hybridized carbons (Fsp3) is 0.458. The van der Waals surface area contributed by atoms with Crippen molar-refractivity contribution in [3.8, 4) is 11.5 Å². The lowest BCUT2D eigenvalue weighted by molar-refractivity contribution is 0.355. The zero-order valence-corrected chi connectivity index (χ0v) is 21.1. The van der Waals surface area contributed by atoms with E-state index in [0.29, 0.717) is 35.5 Å². The monoisotopic (exact) mass is 484 g/mol. The summed E-state index contributed by atoms with van der Waals surface area (Å²) in [6, 6.07) is 13.4. The molecule has 1 aromatic carbocycles. The van der Waals surface area contributed by atoms with Crippen LogP contribution < -0.4 is 14.9 Å². The van der Waals surface area contributed by atoms with E-state index in [1.807, 2.05) is 55.3 Å². The Morgan fingerprint density at radius 3 is 2.41 bits per heavy atom. The van der Waals surface area contributed by atoms with E-state index in [2.05, 4.69) is 22.1 Å². The Morgan fingerprint density at radius 2 is 1.79 bits per heavy atom. The van der Waals surface area contributed by atoms with Crippen molar-refractivity contribution >= 4 is 21.7 Å². The number of anilines is 2. The van der Waals surface area contributed by atoms with Crippen LogP contribution in [0, 0.1) is 11.8 Å². The van der Waals surface area contributed by atoms with E-state index in [1.54, 1.807) is 6.07 Å². The second-order valence-corrected chi connectivity index (χ2v) is 11.7. The van der Waals surface area contributed by atoms with Crippen LogP contribution in [0.15, 0.2) is 46.9 Å². The smallest absolute Gasteiger partial charge is 0.248 e. The summed E-state index contributed by atoms with van der Waals surface area (Å²) < 4.78 is 31.6. The molecule has 0 aliphatic heterocycles. The lowest BCUT2D eigenvalue weighted by Crippen LogP contribution is -2.35. The molecule has 4 rings (SSSR count). The van der Waals surface area contributed by atoms with Gasteiger partial charge in [-0.1, -0.05) is 37.3 Å². The van der Waals surface area contributed by atoms with Crippen molar-refractivity contribution in [3.63, 3.8) is 0 Å². The highest BCUT2D eigenvalue weighted by Crippen LogP contribution is 2.39. The summed E-state index contributed by atoms with van der Waals surface area (Å²) in [6.45, 7) is 4.92. The van der Waals surface area contributed by atoms with E-state index < -0.39 is 15.6 Å². The molecule has 10 heteroatoms. The summed E-state index contributed by atoms with van der Waals surface area (Å²) in [4.78, 5) is 6.64. The van der Waals surface area contributed by atoms with E-state index >= 15 is 0 Å². The average Bonchev–Trinajstić information content (AvgIpc) is 3.25. The molecule has 2 heterocycles. The molecule has 9 nitrogen and oxygen atoms in total. The molecule has 34 heavy (non-hydrogen) atoms. The number of hydrogen-bond donors (Lipinski definition) is 1. The van der Waals surface area contributed by atoms with Crippen molar-refractivity contribution in [1.82, 2.24) is 15.2 Å². The minimum atomic E-state index is -3.50. The second-order valence-electron chi connectivity index (χ2n) is 9.65. The van der Waals surface area contributed by atoms with Crippen molar-refractivity contribution < 1.29 is 12.8 Å². The first-order chi connectivity index (χ1) is 15.9. The van der Waals surface area contributed by atoms with Gasteiger partial charge < -0.3 is 15.1 Å². The Hall–Kier alpha value is -2.98. The van der Waals surface area contributed by atoms with Gasteiger partial charge in [0, 0.05) is 26.2 Å². The van der Waals surface area contributed by atoms with Gasteiger partial charge in [-0.15, -0.1) is 10.2 Å². The molecule has 182 valence electrons. The van der Waals surface area contributed by atoms with Gasteiger partial charge >= 0.3 is 0 Å². The molecule has 0 spiro atoms. The third-order valence-electron chi connectivity index (χ3n) is 6.37. The summed E-state index contributed by atoms with van der Waals surface area (Å²) in [5.41, 5.74) is 7.32. The third kappa shape index (κ3) is 5.39. The number of nitrogens with zero attached hydrogens (tertiary/aromatic N) is 5. The van der Waals surface area contributed by atoms with E-state index in [0.717, 1.165) is 22.7 Å². The van der Waals surface area contributed by atoms with Crippen molar-refractivity contribution in [2.45, 2.75) is 32.2 Å². The number of rotatable bonds is 9. The molecular weight excluding hydrogens is 452 g/mol. The first-order valence-corrected chi connectivity index (χ1v) is 13.1. The third-order valence-corrected chi connectivity index (χ3v) is 7.55. The molecule has 3 unspecified atom stereocenters. The Morgan fingerprint density at radius 1 is 1.15 bits per heavy atom. The highest BCUT2D eigenvalue weighted by Gasteiger charge is 2.34. The number of sulfonamides is 1. The average molecular weight is 485 g/mol. The molecule has 1 saturated carbocycles. The van der Waals surface area contributed by atoms with E-state index in [4.69, 9.17) is 10.2 Å². The van der Waals surface area contributed by atoms with Gasteiger partial charge in [-0.2, -0.15) is 0 Å². The molecule has 2 aromatic heterocycles. The largest absolute Gasteiger partial charge is 0.419 e. The van der Waals surface area contributed by atoms with Gasteiger partial charge in [-0.3, -0.25) is 4.31 Å². The molecule has 3 atom stereocenters. The van der Waals surface area contributed by atoms with Crippen LogP contribution in [0.2, 0.25) is 0 Å². The quantitative estimate of drug-likeness (QED) is 0.492. The normalized spacial score (nSPS) is 19.5. The van der Waals surface area contributed by atoms with Crippen molar-refractivity contribution in [3.05, 3.63) is 53.9 Å². The maximum atomic E-state index is 12.2. The van der Waals surface area contributed by atoms with E-state index in [1.165, 1.54) is 13.5 Å². The highest BCUT2D eigenvalue weighted by atomic mass is 32.2. The van der Waals surface area contributed by atoms with Crippen LogP contribution in [0.3, 0.4) is 0 Å². The van der Waals surface area contributed by atoms with Crippen LogP contribution in [-0.4, -0.2) is 50.5 Å². The van der Waals surface area contributed by atoms with Gasteiger partial charge in [0.1, 0.15) is 11.6 Å². The van der Waals surface area contributed by atoms with Gasteiger partial charge in [0.15, 0.2) is 0 Å². The van der Waals surface area contributed by atoms with Gasteiger partial charge in [0.25, 0.3) is 0 Å². The molecule has 1 aliphatic carbocycles. The molecule has 0 bridgehead atoms. The van der Waals surface area contributed by atoms with Gasteiger partial charge in [-0.05, 0) is 49.3 Å². The minimum Gasteiger partial charge on any atom is -0.419 e. The predicted octanol–water partition coefficient (Wildman–Crippen LogP) is 3.04.